The molecule has 2 aliphatic rings. The van der Waals surface area contributed by atoms with Crippen molar-refractivity contribution in [3.05, 3.63) is 0 Å². The number of piperidine rings is 1. The molecule has 0 unspecified atom stereocenters. The smallest absolute Gasteiger partial charge is 0.207 e. The number of likely N-dealkylation sites (tertiary alicyclic amines) is 1. The van der Waals surface area contributed by atoms with Crippen molar-refractivity contribution in [1.29, 1.82) is 0 Å². The molecule has 21 heavy (non-hydrogen) atoms. The summed E-state index contributed by atoms with van der Waals surface area (Å²) in [6.45, 7) is 6.65. The number of hydrogen-bond donors (Lipinski definition) is 1. The number of amides is 1. The number of ether oxygens (including phenoxy) is 1. The van der Waals surface area contributed by atoms with Crippen molar-refractivity contribution in [2.75, 3.05) is 39.4 Å². The van der Waals surface area contributed by atoms with Gasteiger partial charge in [0.1, 0.15) is 0 Å². The molecule has 0 aromatic heterocycles. The molecule has 0 aromatic rings. The fraction of sp³-hybridized carbons (Fsp3) is 0.941. The van der Waals surface area contributed by atoms with Crippen molar-refractivity contribution in [3.8, 4) is 0 Å². The Labute approximate surface area is 129 Å². The Morgan fingerprint density at radius 2 is 1.67 bits per heavy atom. The van der Waals surface area contributed by atoms with E-state index in [1.54, 1.807) is 0 Å². The first-order valence-electron chi connectivity index (χ1n) is 8.85. The van der Waals surface area contributed by atoms with Gasteiger partial charge >= 0.3 is 0 Å². The Kier molecular flexibility index (Phi) is 8.12. The molecule has 2 fully saturated rings. The predicted octanol–water partition coefficient (Wildman–Crippen LogP) is 2.43. The molecule has 0 atom stereocenters. The van der Waals surface area contributed by atoms with Crippen LogP contribution in [0.4, 0.5) is 0 Å². The van der Waals surface area contributed by atoms with E-state index in [4.69, 9.17) is 4.74 Å². The fourth-order valence-corrected chi connectivity index (χ4v) is 3.69. The lowest BCUT2D eigenvalue weighted by Gasteiger charge is -2.32. The molecule has 2 rings (SSSR count). The van der Waals surface area contributed by atoms with Gasteiger partial charge in [0.2, 0.25) is 6.41 Å². The van der Waals surface area contributed by atoms with E-state index in [0.29, 0.717) is 0 Å². The zero-order chi connectivity index (χ0) is 14.8. The van der Waals surface area contributed by atoms with Crippen LogP contribution < -0.4 is 5.32 Å². The summed E-state index contributed by atoms with van der Waals surface area (Å²) in [5, 5.41) is 2.76. The van der Waals surface area contributed by atoms with Gasteiger partial charge in [-0.25, -0.2) is 0 Å². The van der Waals surface area contributed by atoms with Crippen LogP contribution in [0, 0.1) is 11.8 Å². The van der Waals surface area contributed by atoms with Crippen LogP contribution in [0.1, 0.15) is 51.4 Å². The normalized spacial score (nSPS) is 22.3. The van der Waals surface area contributed by atoms with Gasteiger partial charge in [-0.1, -0.05) is 0 Å². The second-order valence-electron chi connectivity index (χ2n) is 6.70. The average Bonchev–Trinajstić information content (AvgIpc) is 2.54. The van der Waals surface area contributed by atoms with Gasteiger partial charge in [0.05, 0.1) is 0 Å². The molecule has 2 aliphatic heterocycles. The highest BCUT2D eigenvalue weighted by molar-refractivity contribution is 5.45. The van der Waals surface area contributed by atoms with E-state index < -0.39 is 0 Å². The van der Waals surface area contributed by atoms with Crippen molar-refractivity contribution in [1.82, 2.24) is 10.2 Å². The molecule has 2 saturated heterocycles. The molecular weight excluding hydrogens is 264 g/mol. The van der Waals surface area contributed by atoms with Crippen LogP contribution >= 0.6 is 0 Å². The Hall–Kier alpha value is -0.610. The Morgan fingerprint density at radius 3 is 2.38 bits per heavy atom. The van der Waals surface area contributed by atoms with Crippen molar-refractivity contribution in [3.63, 3.8) is 0 Å². The van der Waals surface area contributed by atoms with E-state index in [-0.39, 0.29) is 0 Å². The second-order valence-corrected chi connectivity index (χ2v) is 6.70. The van der Waals surface area contributed by atoms with Gasteiger partial charge in [-0.15, -0.1) is 0 Å². The van der Waals surface area contributed by atoms with Crippen LogP contribution in [0.15, 0.2) is 0 Å². The molecule has 0 saturated carbocycles. The maximum absolute atomic E-state index is 10.2. The zero-order valence-corrected chi connectivity index (χ0v) is 13.4. The van der Waals surface area contributed by atoms with Crippen LogP contribution in [-0.4, -0.2) is 50.7 Å². The molecule has 2 heterocycles. The van der Waals surface area contributed by atoms with E-state index in [1.165, 1.54) is 64.6 Å². The minimum atomic E-state index is 0.807. The maximum Gasteiger partial charge on any atom is 0.207 e. The lowest BCUT2D eigenvalue weighted by Crippen LogP contribution is -2.34. The zero-order valence-electron chi connectivity index (χ0n) is 13.4. The maximum atomic E-state index is 10.2. The van der Waals surface area contributed by atoms with Crippen LogP contribution in [0.5, 0.6) is 0 Å². The average molecular weight is 296 g/mol. The largest absolute Gasteiger partial charge is 0.381 e. The number of carbonyl (C=O) groups excluding carboxylic acids is 1. The SMILES string of the molecule is O=CNCCCC1CCN(CCCC2CCOCC2)CC1. The van der Waals surface area contributed by atoms with Gasteiger partial charge in [-0.05, 0) is 82.8 Å². The summed E-state index contributed by atoms with van der Waals surface area (Å²) in [6.07, 6.45) is 11.2. The fourth-order valence-electron chi connectivity index (χ4n) is 3.69. The Morgan fingerprint density at radius 1 is 1.00 bits per heavy atom. The molecule has 0 spiro atoms. The van der Waals surface area contributed by atoms with E-state index in [9.17, 15) is 4.79 Å². The highest BCUT2D eigenvalue weighted by Crippen LogP contribution is 2.23. The van der Waals surface area contributed by atoms with Gasteiger partial charge in [0, 0.05) is 19.8 Å². The first-order chi connectivity index (χ1) is 10.4. The van der Waals surface area contributed by atoms with E-state index in [0.717, 1.165) is 44.4 Å². The molecular formula is C17H32N2O2. The summed E-state index contributed by atoms with van der Waals surface area (Å²) in [6, 6.07) is 0. The molecule has 4 nitrogen and oxygen atoms in total. The highest BCUT2D eigenvalue weighted by Gasteiger charge is 2.19. The number of carbonyl (C=O) groups is 1. The van der Waals surface area contributed by atoms with Crippen molar-refractivity contribution >= 4 is 6.41 Å². The van der Waals surface area contributed by atoms with E-state index >= 15 is 0 Å². The van der Waals surface area contributed by atoms with Gasteiger partial charge in [-0.2, -0.15) is 0 Å². The summed E-state index contributed by atoms with van der Waals surface area (Å²) in [7, 11) is 0. The van der Waals surface area contributed by atoms with Gasteiger partial charge < -0.3 is 15.0 Å². The number of nitrogens with one attached hydrogen (secondary N) is 1. The Balaban J connectivity index is 1.47. The molecule has 0 aromatic carbocycles. The van der Waals surface area contributed by atoms with Crippen molar-refractivity contribution in [2.45, 2.75) is 51.4 Å². The molecule has 1 amide bonds. The van der Waals surface area contributed by atoms with E-state index in [2.05, 4.69) is 10.2 Å². The molecule has 1 N–H and O–H groups in total. The third-order valence-corrected chi connectivity index (χ3v) is 5.15. The lowest BCUT2D eigenvalue weighted by molar-refractivity contribution is -0.109. The standard InChI is InChI=1S/C17H32N2O2/c20-15-18-9-1-3-16-5-11-19(12-6-16)10-2-4-17-7-13-21-14-8-17/h15-17H,1-14H2,(H,18,20). The monoisotopic (exact) mass is 296 g/mol. The minimum Gasteiger partial charge on any atom is -0.381 e. The third-order valence-electron chi connectivity index (χ3n) is 5.15. The van der Waals surface area contributed by atoms with Crippen LogP contribution in [0.2, 0.25) is 0 Å². The Bertz CT molecular complexity index is 272. The minimum absolute atomic E-state index is 0.807. The molecule has 0 bridgehead atoms. The van der Waals surface area contributed by atoms with Crippen molar-refractivity contribution in [2.24, 2.45) is 11.8 Å². The van der Waals surface area contributed by atoms with Crippen LogP contribution in [-0.2, 0) is 9.53 Å². The van der Waals surface area contributed by atoms with Crippen LogP contribution in [0.3, 0.4) is 0 Å². The van der Waals surface area contributed by atoms with Crippen molar-refractivity contribution < 1.29 is 9.53 Å². The summed E-state index contributed by atoms with van der Waals surface area (Å²) in [5.41, 5.74) is 0. The lowest BCUT2D eigenvalue weighted by atomic mass is 9.91. The topological polar surface area (TPSA) is 41.6 Å². The number of rotatable bonds is 9. The molecule has 4 heteroatoms. The summed E-state index contributed by atoms with van der Waals surface area (Å²) < 4.78 is 5.42. The summed E-state index contributed by atoms with van der Waals surface area (Å²) in [4.78, 5) is 12.8. The summed E-state index contributed by atoms with van der Waals surface area (Å²) >= 11 is 0. The first-order valence-corrected chi connectivity index (χ1v) is 8.85. The molecule has 0 radical (unpaired) electrons. The molecule has 0 aliphatic carbocycles. The predicted molar refractivity (Wildman–Crippen MR) is 85.2 cm³/mol. The first kappa shape index (κ1) is 16.8. The molecule has 122 valence electrons. The van der Waals surface area contributed by atoms with Gasteiger partial charge in [0.15, 0.2) is 0 Å². The highest BCUT2D eigenvalue weighted by atomic mass is 16.5. The second kappa shape index (κ2) is 10.2. The number of nitrogens with zero attached hydrogens (tertiary/aromatic N) is 1. The summed E-state index contributed by atoms with van der Waals surface area (Å²) in [5.74, 6) is 1.80. The van der Waals surface area contributed by atoms with Crippen LogP contribution in [0.25, 0.3) is 0 Å². The number of hydrogen-bond acceptors (Lipinski definition) is 3. The third kappa shape index (κ3) is 6.79. The van der Waals surface area contributed by atoms with Gasteiger partial charge in [-0.3, -0.25) is 4.79 Å². The van der Waals surface area contributed by atoms with Gasteiger partial charge in [0.25, 0.3) is 0 Å². The van der Waals surface area contributed by atoms with E-state index in [1.807, 2.05) is 0 Å². The quantitative estimate of drug-likeness (QED) is 0.525.